The average Bonchev–Trinajstić information content (AvgIpc) is 2.87. The van der Waals surface area contributed by atoms with Crippen LogP contribution in [0.25, 0.3) is 0 Å². The van der Waals surface area contributed by atoms with Gasteiger partial charge in [-0.15, -0.1) is 0 Å². The monoisotopic (exact) mass is 275 g/mol. The van der Waals surface area contributed by atoms with Crippen LogP contribution in [-0.2, 0) is 6.54 Å². The quantitative estimate of drug-likeness (QED) is 0.897. The standard InChI is InChI=1S/C15H25N5/c1-11-9-19-6-4-5-14(19)10-20(11)15-17-8-13(7-16-3)12(2)18-15/h8,11,14,16H,4-7,9-10H2,1-3H3. The maximum atomic E-state index is 4.74. The summed E-state index contributed by atoms with van der Waals surface area (Å²) in [5, 5.41) is 3.16. The van der Waals surface area contributed by atoms with E-state index in [1.165, 1.54) is 24.9 Å². The lowest BCUT2D eigenvalue weighted by molar-refractivity contribution is 0.201. The zero-order chi connectivity index (χ0) is 14.1. The van der Waals surface area contributed by atoms with E-state index < -0.39 is 0 Å². The summed E-state index contributed by atoms with van der Waals surface area (Å²) in [5.74, 6) is 0.904. The van der Waals surface area contributed by atoms with E-state index in [-0.39, 0.29) is 0 Å². The summed E-state index contributed by atoms with van der Waals surface area (Å²) >= 11 is 0. The maximum Gasteiger partial charge on any atom is 0.225 e. The molecule has 5 heteroatoms. The second-order valence-corrected chi connectivity index (χ2v) is 6.10. The van der Waals surface area contributed by atoms with Crippen LogP contribution in [0, 0.1) is 6.92 Å². The van der Waals surface area contributed by atoms with E-state index in [0.717, 1.165) is 31.3 Å². The molecule has 2 aliphatic rings. The van der Waals surface area contributed by atoms with Crippen molar-refractivity contribution in [1.82, 2.24) is 20.2 Å². The minimum Gasteiger partial charge on any atom is -0.335 e. The van der Waals surface area contributed by atoms with Gasteiger partial charge in [0.15, 0.2) is 0 Å². The second-order valence-electron chi connectivity index (χ2n) is 6.10. The molecule has 0 amide bonds. The van der Waals surface area contributed by atoms with Gasteiger partial charge in [-0.25, -0.2) is 9.97 Å². The van der Waals surface area contributed by atoms with E-state index in [2.05, 4.69) is 33.9 Å². The largest absolute Gasteiger partial charge is 0.335 e. The highest BCUT2D eigenvalue weighted by Gasteiger charge is 2.35. The molecule has 1 aromatic heterocycles. The van der Waals surface area contributed by atoms with Gasteiger partial charge < -0.3 is 10.2 Å². The molecule has 0 spiro atoms. The molecule has 2 fully saturated rings. The molecule has 0 aromatic carbocycles. The molecule has 1 aromatic rings. The van der Waals surface area contributed by atoms with E-state index in [1.54, 1.807) is 0 Å². The van der Waals surface area contributed by atoms with Gasteiger partial charge in [0.1, 0.15) is 0 Å². The minimum absolute atomic E-state index is 0.499. The summed E-state index contributed by atoms with van der Waals surface area (Å²) < 4.78 is 0. The lowest BCUT2D eigenvalue weighted by Crippen LogP contribution is -2.55. The van der Waals surface area contributed by atoms with Gasteiger partial charge in [0, 0.05) is 49.2 Å². The first-order valence-electron chi connectivity index (χ1n) is 7.67. The number of nitrogens with one attached hydrogen (secondary N) is 1. The van der Waals surface area contributed by atoms with Crippen LogP contribution in [0.15, 0.2) is 6.20 Å². The number of hydrogen-bond acceptors (Lipinski definition) is 5. The zero-order valence-corrected chi connectivity index (χ0v) is 12.8. The van der Waals surface area contributed by atoms with Crippen molar-refractivity contribution in [3.63, 3.8) is 0 Å². The van der Waals surface area contributed by atoms with Crippen molar-refractivity contribution in [2.75, 3.05) is 31.6 Å². The van der Waals surface area contributed by atoms with Crippen molar-refractivity contribution in [2.24, 2.45) is 0 Å². The number of nitrogens with zero attached hydrogens (tertiary/aromatic N) is 4. The highest BCUT2D eigenvalue weighted by Crippen LogP contribution is 2.27. The Labute approximate surface area is 121 Å². The fourth-order valence-electron chi connectivity index (χ4n) is 3.45. The fraction of sp³-hybridized carbons (Fsp3) is 0.733. The number of rotatable bonds is 3. The van der Waals surface area contributed by atoms with Crippen LogP contribution in [0.2, 0.25) is 0 Å². The van der Waals surface area contributed by atoms with Gasteiger partial charge in [0.25, 0.3) is 0 Å². The first kappa shape index (κ1) is 13.8. The molecular weight excluding hydrogens is 250 g/mol. The molecular formula is C15H25N5. The number of anilines is 1. The maximum absolute atomic E-state index is 4.74. The van der Waals surface area contributed by atoms with Crippen LogP contribution < -0.4 is 10.2 Å². The Hall–Kier alpha value is -1.20. The number of hydrogen-bond donors (Lipinski definition) is 1. The molecule has 5 nitrogen and oxygen atoms in total. The molecule has 0 bridgehead atoms. The molecule has 110 valence electrons. The third-order valence-corrected chi connectivity index (χ3v) is 4.63. The number of aryl methyl sites for hydroxylation is 1. The first-order chi connectivity index (χ1) is 9.69. The fourth-order valence-corrected chi connectivity index (χ4v) is 3.45. The summed E-state index contributed by atoms with van der Waals surface area (Å²) in [4.78, 5) is 14.4. The highest BCUT2D eigenvalue weighted by molar-refractivity contribution is 5.36. The number of fused-ring (bicyclic) bond motifs is 1. The lowest BCUT2D eigenvalue weighted by atomic mass is 10.1. The van der Waals surface area contributed by atoms with E-state index in [4.69, 9.17) is 4.98 Å². The molecule has 2 saturated heterocycles. The van der Waals surface area contributed by atoms with Crippen molar-refractivity contribution >= 4 is 5.95 Å². The molecule has 3 rings (SSSR count). The Morgan fingerprint density at radius 2 is 2.25 bits per heavy atom. The van der Waals surface area contributed by atoms with Gasteiger partial charge >= 0.3 is 0 Å². The van der Waals surface area contributed by atoms with Gasteiger partial charge in [-0.1, -0.05) is 0 Å². The molecule has 2 aliphatic heterocycles. The molecule has 2 atom stereocenters. The van der Waals surface area contributed by atoms with Crippen LogP contribution in [0.1, 0.15) is 31.0 Å². The Morgan fingerprint density at radius 1 is 1.40 bits per heavy atom. The third kappa shape index (κ3) is 2.52. The van der Waals surface area contributed by atoms with Crippen LogP contribution in [0.3, 0.4) is 0 Å². The Kier molecular flexibility index (Phi) is 3.89. The summed E-state index contributed by atoms with van der Waals surface area (Å²) in [6.45, 7) is 8.68. The number of piperazine rings is 1. The third-order valence-electron chi connectivity index (χ3n) is 4.63. The molecule has 0 radical (unpaired) electrons. The minimum atomic E-state index is 0.499. The first-order valence-corrected chi connectivity index (χ1v) is 7.67. The van der Waals surface area contributed by atoms with Gasteiger partial charge in [0.05, 0.1) is 0 Å². The molecule has 3 heterocycles. The van der Waals surface area contributed by atoms with Gasteiger partial charge in [-0.05, 0) is 40.3 Å². The van der Waals surface area contributed by atoms with Gasteiger partial charge in [0.2, 0.25) is 5.95 Å². The highest BCUT2D eigenvalue weighted by atomic mass is 15.4. The molecule has 20 heavy (non-hydrogen) atoms. The summed E-state index contributed by atoms with van der Waals surface area (Å²) in [7, 11) is 1.95. The SMILES string of the molecule is CNCc1cnc(N2CC3CCCN3CC2C)nc1C. The molecule has 0 saturated carbocycles. The van der Waals surface area contributed by atoms with Crippen molar-refractivity contribution < 1.29 is 0 Å². The van der Waals surface area contributed by atoms with Crippen LogP contribution in [0.5, 0.6) is 0 Å². The van der Waals surface area contributed by atoms with Crippen molar-refractivity contribution in [2.45, 2.75) is 45.3 Å². The summed E-state index contributed by atoms with van der Waals surface area (Å²) in [6.07, 6.45) is 4.63. The topological polar surface area (TPSA) is 44.3 Å². The van der Waals surface area contributed by atoms with Crippen LogP contribution >= 0.6 is 0 Å². The molecule has 0 aliphatic carbocycles. The average molecular weight is 275 g/mol. The summed E-state index contributed by atoms with van der Waals surface area (Å²) in [5.41, 5.74) is 2.27. The van der Waals surface area contributed by atoms with Gasteiger partial charge in [-0.2, -0.15) is 0 Å². The van der Waals surface area contributed by atoms with E-state index in [0.29, 0.717) is 12.1 Å². The zero-order valence-electron chi connectivity index (χ0n) is 12.8. The second kappa shape index (κ2) is 5.66. The van der Waals surface area contributed by atoms with Crippen molar-refractivity contribution in [3.05, 3.63) is 17.5 Å². The van der Waals surface area contributed by atoms with E-state index in [9.17, 15) is 0 Å². The predicted molar refractivity (Wildman–Crippen MR) is 80.9 cm³/mol. The van der Waals surface area contributed by atoms with Crippen molar-refractivity contribution in [1.29, 1.82) is 0 Å². The Bertz CT molecular complexity index is 475. The number of aromatic nitrogens is 2. The Balaban J connectivity index is 1.79. The van der Waals surface area contributed by atoms with Crippen molar-refractivity contribution in [3.8, 4) is 0 Å². The van der Waals surface area contributed by atoms with E-state index in [1.807, 2.05) is 13.2 Å². The Morgan fingerprint density at radius 3 is 3.00 bits per heavy atom. The lowest BCUT2D eigenvalue weighted by Gasteiger charge is -2.42. The van der Waals surface area contributed by atoms with Gasteiger partial charge in [-0.3, -0.25) is 4.90 Å². The smallest absolute Gasteiger partial charge is 0.225 e. The van der Waals surface area contributed by atoms with E-state index >= 15 is 0 Å². The molecule has 2 unspecified atom stereocenters. The van der Waals surface area contributed by atoms with Crippen LogP contribution in [0.4, 0.5) is 5.95 Å². The summed E-state index contributed by atoms with van der Waals surface area (Å²) in [6, 6.07) is 1.20. The molecule has 1 N–H and O–H groups in total. The predicted octanol–water partition coefficient (Wildman–Crippen LogP) is 1.18. The normalized spacial score (nSPS) is 26.9. The van der Waals surface area contributed by atoms with Crippen LogP contribution in [-0.4, -0.2) is 53.6 Å².